The van der Waals surface area contributed by atoms with Gasteiger partial charge in [-0.15, -0.1) is 0 Å². The van der Waals surface area contributed by atoms with E-state index in [2.05, 4.69) is 42.6 Å². The van der Waals surface area contributed by atoms with E-state index in [1.54, 1.807) is 6.26 Å². The standard InChI is InChI=1S/C26H24NO2/c1-19-8-5-6-11-22(19)21(15-14-20-9-3-2-4-10-20)18-27-26(28)24-12-7-13-25-23(24)16-17-29-25/h2-13,16-17,21H,1,14-15,18H2,(H,27,28). The van der Waals surface area contributed by atoms with E-state index >= 15 is 0 Å². The Balaban J connectivity index is 1.51. The van der Waals surface area contributed by atoms with Gasteiger partial charge in [-0.1, -0.05) is 60.7 Å². The third-order valence-electron chi connectivity index (χ3n) is 5.37. The summed E-state index contributed by atoms with van der Waals surface area (Å²) in [6.45, 7) is 4.75. The van der Waals surface area contributed by atoms with Gasteiger partial charge < -0.3 is 9.73 Å². The average Bonchev–Trinajstić information content (AvgIpc) is 3.24. The molecule has 4 rings (SSSR count). The lowest BCUT2D eigenvalue weighted by Gasteiger charge is -2.20. The Hall–Kier alpha value is -3.33. The number of amides is 1. The number of rotatable bonds is 7. The summed E-state index contributed by atoms with van der Waals surface area (Å²) in [4.78, 5) is 12.9. The van der Waals surface area contributed by atoms with Crippen LogP contribution in [-0.2, 0) is 6.42 Å². The van der Waals surface area contributed by atoms with Crippen LogP contribution < -0.4 is 5.32 Å². The van der Waals surface area contributed by atoms with Crippen LogP contribution in [0.5, 0.6) is 0 Å². The maximum atomic E-state index is 12.9. The van der Waals surface area contributed by atoms with E-state index in [4.69, 9.17) is 4.42 Å². The van der Waals surface area contributed by atoms with Gasteiger partial charge in [0.15, 0.2) is 0 Å². The Morgan fingerprint density at radius 2 is 1.72 bits per heavy atom. The molecule has 0 spiro atoms. The van der Waals surface area contributed by atoms with E-state index in [1.165, 1.54) is 11.1 Å². The molecule has 0 aliphatic carbocycles. The van der Waals surface area contributed by atoms with Gasteiger partial charge in [-0.05, 0) is 54.7 Å². The molecule has 1 atom stereocenters. The molecule has 0 aliphatic rings. The zero-order chi connectivity index (χ0) is 20.1. The van der Waals surface area contributed by atoms with Gasteiger partial charge in [0.1, 0.15) is 5.58 Å². The molecule has 0 saturated heterocycles. The highest BCUT2D eigenvalue weighted by atomic mass is 16.3. The normalized spacial score (nSPS) is 12.0. The summed E-state index contributed by atoms with van der Waals surface area (Å²) in [5.74, 6) is 0.111. The molecule has 0 saturated carbocycles. The molecule has 3 heteroatoms. The van der Waals surface area contributed by atoms with E-state index in [0.29, 0.717) is 12.1 Å². The second-order valence-corrected chi connectivity index (χ2v) is 7.27. The first-order valence-corrected chi connectivity index (χ1v) is 9.91. The summed E-state index contributed by atoms with van der Waals surface area (Å²) in [6, 6.07) is 26.0. The SMILES string of the molecule is [CH2]c1ccccc1C(CCc1ccccc1)CNC(=O)c1cccc2occc12. The first-order chi connectivity index (χ1) is 14.2. The second-order valence-electron chi connectivity index (χ2n) is 7.27. The predicted octanol–water partition coefficient (Wildman–Crippen LogP) is 5.76. The van der Waals surface area contributed by atoms with Crippen molar-refractivity contribution in [3.05, 3.63) is 114 Å². The smallest absolute Gasteiger partial charge is 0.252 e. The molecule has 0 aliphatic heterocycles. The van der Waals surface area contributed by atoms with Crippen LogP contribution in [0.2, 0.25) is 0 Å². The lowest BCUT2D eigenvalue weighted by molar-refractivity contribution is 0.0952. The molecule has 1 radical (unpaired) electrons. The van der Waals surface area contributed by atoms with Gasteiger partial charge in [0.2, 0.25) is 0 Å². The molecule has 0 fully saturated rings. The van der Waals surface area contributed by atoms with Crippen LogP contribution in [-0.4, -0.2) is 12.5 Å². The number of nitrogens with one attached hydrogen (secondary N) is 1. The number of hydrogen-bond acceptors (Lipinski definition) is 2. The summed E-state index contributed by atoms with van der Waals surface area (Å²) in [7, 11) is 0. The zero-order valence-electron chi connectivity index (χ0n) is 16.3. The van der Waals surface area contributed by atoms with Crippen LogP contribution >= 0.6 is 0 Å². The fourth-order valence-electron chi connectivity index (χ4n) is 3.79. The van der Waals surface area contributed by atoms with Crippen molar-refractivity contribution in [3.63, 3.8) is 0 Å². The highest BCUT2D eigenvalue weighted by Gasteiger charge is 2.17. The molecule has 1 aromatic heterocycles. The molecule has 0 bridgehead atoms. The Labute approximate surface area is 171 Å². The van der Waals surface area contributed by atoms with Crippen LogP contribution in [0, 0.1) is 6.92 Å². The molecular weight excluding hydrogens is 358 g/mol. The van der Waals surface area contributed by atoms with E-state index in [9.17, 15) is 4.79 Å². The van der Waals surface area contributed by atoms with E-state index in [1.807, 2.05) is 48.5 Å². The van der Waals surface area contributed by atoms with Crippen molar-refractivity contribution in [1.82, 2.24) is 5.32 Å². The van der Waals surface area contributed by atoms with Crippen molar-refractivity contribution in [1.29, 1.82) is 0 Å². The molecular formula is C26H24NO2. The van der Waals surface area contributed by atoms with Gasteiger partial charge in [0, 0.05) is 17.8 Å². The topological polar surface area (TPSA) is 42.2 Å². The van der Waals surface area contributed by atoms with Gasteiger partial charge >= 0.3 is 0 Å². The molecule has 145 valence electrons. The summed E-state index contributed by atoms with van der Waals surface area (Å²) in [6.07, 6.45) is 3.50. The maximum Gasteiger partial charge on any atom is 0.252 e. The van der Waals surface area contributed by atoms with Gasteiger partial charge in [0.05, 0.1) is 11.8 Å². The van der Waals surface area contributed by atoms with Crippen LogP contribution in [0.1, 0.15) is 39.4 Å². The number of furan rings is 1. The summed E-state index contributed by atoms with van der Waals surface area (Å²) in [5, 5.41) is 3.97. The van der Waals surface area contributed by atoms with E-state index in [-0.39, 0.29) is 11.8 Å². The van der Waals surface area contributed by atoms with E-state index in [0.717, 1.165) is 29.4 Å². The average molecular weight is 382 g/mol. The fourth-order valence-corrected chi connectivity index (χ4v) is 3.79. The summed E-state index contributed by atoms with van der Waals surface area (Å²) in [5.41, 5.74) is 4.86. The van der Waals surface area contributed by atoms with Crippen LogP contribution in [0.15, 0.2) is 89.5 Å². The van der Waals surface area contributed by atoms with Crippen LogP contribution in [0.25, 0.3) is 11.0 Å². The van der Waals surface area contributed by atoms with Gasteiger partial charge in [-0.3, -0.25) is 4.79 Å². The minimum atomic E-state index is -0.0803. The monoisotopic (exact) mass is 382 g/mol. The Morgan fingerprint density at radius 3 is 2.55 bits per heavy atom. The van der Waals surface area contributed by atoms with Crippen molar-refractivity contribution in [2.45, 2.75) is 18.8 Å². The minimum Gasteiger partial charge on any atom is -0.464 e. The molecule has 4 aromatic rings. The highest BCUT2D eigenvalue weighted by Crippen LogP contribution is 2.25. The van der Waals surface area contributed by atoms with Crippen LogP contribution in [0.4, 0.5) is 0 Å². The Bertz CT molecular complexity index is 1100. The van der Waals surface area contributed by atoms with Crippen molar-refractivity contribution < 1.29 is 9.21 Å². The number of carbonyl (C=O) groups is 1. The van der Waals surface area contributed by atoms with Gasteiger partial charge in [-0.25, -0.2) is 0 Å². The molecule has 1 heterocycles. The first-order valence-electron chi connectivity index (χ1n) is 9.91. The molecule has 1 N–H and O–H groups in total. The number of carbonyl (C=O) groups excluding carboxylic acids is 1. The lowest BCUT2D eigenvalue weighted by Crippen LogP contribution is -2.29. The van der Waals surface area contributed by atoms with Crippen molar-refractivity contribution >= 4 is 16.9 Å². The highest BCUT2D eigenvalue weighted by molar-refractivity contribution is 6.05. The van der Waals surface area contributed by atoms with Crippen molar-refractivity contribution in [2.75, 3.05) is 6.54 Å². The second kappa shape index (κ2) is 8.78. The fraction of sp³-hybridized carbons (Fsp3) is 0.154. The lowest BCUT2D eigenvalue weighted by atomic mass is 9.89. The van der Waals surface area contributed by atoms with Crippen molar-refractivity contribution in [3.8, 4) is 0 Å². The molecule has 3 nitrogen and oxygen atoms in total. The summed E-state index contributed by atoms with van der Waals surface area (Å²) < 4.78 is 5.42. The zero-order valence-corrected chi connectivity index (χ0v) is 16.3. The largest absolute Gasteiger partial charge is 0.464 e. The van der Waals surface area contributed by atoms with Gasteiger partial charge in [0.25, 0.3) is 5.91 Å². The first kappa shape index (κ1) is 19.0. The number of fused-ring (bicyclic) bond motifs is 1. The number of benzene rings is 3. The summed E-state index contributed by atoms with van der Waals surface area (Å²) >= 11 is 0. The quantitative estimate of drug-likeness (QED) is 0.441. The Kier molecular flexibility index (Phi) is 5.76. The minimum absolute atomic E-state index is 0.0803. The number of aryl methyl sites for hydroxylation is 1. The Morgan fingerprint density at radius 1 is 0.931 bits per heavy atom. The molecule has 29 heavy (non-hydrogen) atoms. The molecule has 1 amide bonds. The van der Waals surface area contributed by atoms with Gasteiger partial charge in [-0.2, -0.15) is 0 Å². The third kappa shape index (κ3) is 4.40. The molecule has 1 unspecified atom stereocenters. The molecule has 3 aromatic carbocycles. The number of hydrogen-bond donors (Lipinski definition) is 1. The van der Waals surface area contributed by atoms with Crippen molar-refractivity contribution in [2.24, 2.45) is 0 Å². The maximum absolute atomic E-state index is 12.9. The van der Waals surface area contributed by atoms with E-state index < -0.39 is 0 Å². The van der Waals surface area contributed by atoms with Crippen LogP contribution in [0.3, 0.4) is 0 Å². The third-order valence-corrected chi connectivity index (χ3v) is 5.37. The predicted molar refractivity (Wildman–Crippen MR) is 117 cm³/mol.